The SMILES string of the molecule is CC(=N)[C@H]1CCC2C3=CC(=O)C4C[C@@H](O)[C@@H](O)C[C@]4(C)C3CC[C@@]21C. The molecule has 0 aromatic carbocycles. The topological polar surface area (TPSA) is 81.4 Å². The second kappa shape index (κ2) is 5.50. The Kier molecular flexibility index (Phi) is 3.83. The summed E-state index contributed by atoms with van der Waals surface area (Å²) >= 11 is 0. The summed E-state index contributed by atoms with van der Waals surface area (Å²) < 4.78 is 0. The van der Waals surface area contributed by atoms with Crippen molar-refractivity contribution in [3.63, 3.8) is 0 Å². The molecule has 0 amide bonds. The van der Waals surface area contributed by atoms with E-state index >= 15 is 0 Å². The molecule has 4 heteroatoms. The van der Waals surface area contributed by atoms with Crippen LogP contribution in [0.1, 0.15) is 59.3 Å². The van der Waals surface area contributed by atoms with Gasteiger partial charge in [0.2, 0.25) is 0 Å². The maximum Gasteiger partial charge on any atom is 0.159 e. The molecule has 3 fully saturated rings. The van der Waals surface area contributed by atoms with Crippen molar-refractivity contribution in [3.05, 3.63) is 11.6 Å². The summed E-state index contributed by atoms with van der Waals surface area (Å²) in [6, 6.07) is 0. The maximum atomic E-state index is 12.9. The predicted octanol–water partition coefficient (Wildman–Crippen LogP) is 3.12. The predicted molar refractivity (Wildman–Crippen MR) is 96.4 cm³/mol. The number of carbonyl (C=O) groups is 1. The number of ketones is 1. The average Bonchev–Trinajstić information content (AvgIpc) is 2.88. The lowest BCUT2D eigenvalue weighted by molar-refractivity contribution is -0.142. The van der Waals surface area contributed by atoms with Crippen LogP contribution in [0, 0.1) is 39.9 Å². The fourth-order valence-corrected chi connectivity index (χ4v) is 7.11. The van der Waals surface area contributed by atoms with Crippen molar-refractivity contribution in [1.82, 2.24) is 0 Å². The third-order valence-electron chi connectivity index (χ3n) is 8.45. The fourth-order valence-electron chi connectivity index (χ4n) is 7.11. The normalized spacial score (nSPS) is 52.0. The van der Waals surface area contributed by atoms with Crippen molar-refractivity contribution in [1.29, 1.82) is 5.41 Å². The first-order valence-electron chi connectivity index (χ1n) is 9.85. The van der Waals surface area contributed by atoms with Gasteiger partial charge in [-0.05, 0) is 74.2 Å². The fraction of sp³-hybridized carbons (Fsp3) is 0.810. The molecule has 4 aliphatic rings. The molecular weight excluding hydrogens is 314 g/mol. The van der Waals surface area contributed by atoms with Gasteiger partial charge in [0.25, 0.3) is 0 Å². The van der Waals surface area contributed by atoms with Crippen LogP contribution in [0.4, 0.5) is 0 Å². The standard InChI is InChI=1S/C21H31NO3/c1-11(22)13-4-5-14-12-8-17(23)16-9-18(24)19(25)10-21(16,3)15(12)6-7-20(13,14)2/h8,13-16,18-19,22,24-25H,4-7,9-10H2,1-3H3/t13-,14?,15?,16?,18-,19+,20-,21-/m1/s1. The van der Waals surface area contributed by atoms with Gasteiger partial charge in [-0.2, -0.15) is 0 Å². The lowest BCUT2D eigenvalue weighted by Gasteiger charge is -2.57. The Hall–Kier alpha value is -1.00. The largest absolute Gasteiger partial charge is 0.390 e. The van der Waals surface area contributed by atoms with Crippen LogP contribution in [-0.2, 0) is 4.79 Å². The first-order valence-corrected chi connectivity index (χ1v) is 9.85. The zero-order chi connectivity index (χ0) is 18.1. The number of aliphatic hydroxyl groups is 2. The van der Waals surface area contributed by atoms with Gasteiger partial charge < -0.3 is 15.6 Å². The smallest absolute Gasteiger partial charge is 0.159 e. The number of hydrogen-bond acceptors (Lipinski definition) is 4. The second-order valence-electron chi connectivity index (χ2n) is 9.64. The number of carbonyl (C=O) groups excluding carboxylic acids is 1. The molecule has 4 rings (SSSR count). The number of hydrogen-bond donors (Lipinski definition) is 3. The molecule has 3 unspecified atom stereocenters. The summed E-state index contributed by atoms with van der Waals surface area (Å²) in [5, 5.41) is 28.6. The molecule has 8 atom stereocenters. The van der Waals surface area contributed by atoms with Gasteiger partial charge in [0, 0.05) is 17.5 Å². The molecule has 0 aromatic heterocycles. The Morgan fingerprint density at radius 2 is 1.76 bits per heavy atom. The van der Waals surface area contributed by atoms with E-state index < -0.39 is 12.2 Å². The molecule has 0 spiro atoms. The lowest BCUT2D eigenvalue weighted by atomic mass is 9.47. The zero-order valence-electron chi connectivity index (χ0n) is 15.6. The van der Waals surface area contributed by atoms with E-state index in [1.165, 1.54) is 5.57 Å². The van der Waals surface area contributed by atoms with E-state index in [1.807, 2.05) is 13.0 Å². The number of rotatable bonds is 1. The van der Waals surface area contributed by atoms with Crippen LogP contribution in [0.2, 0.25) is 0 Å². The number of nitrogens with one attached hydrogen (secondary N) is 1. The van der Waals surface area contributed by atoms with Crippen LogP contribution in [-0.4, -0.2) is 33.9 Å². The van der Waals surface area contributed by atoms with Gasteiger partial charge >= 0.3 is 0 Å². The van der Waals surface area contributed by atoms with E-state index in [0.29, 0.717) is 30.6 Å². The molecule has 0 saturated heterocycles. The minimum Gasteiger partial charge on any atom is -0.390 e. The van der Waals surface area contributed by atoms with Gasteiger partial charge in [-0.25, -0.2) is 0 Å². The highest BCUT2D eigenvalue weighted by molar-refractivity contribution is 5.94. The van der Waals surface area contributed by atoms with Gasteiger partial charge in [-0.1, -0.05) is 19.4 Å². The molecule has 25 heavy (non-hydrogen) atoms. The van der Waals surface area contributed by atoms with Crippen molar-refractivity contribution in [2.24, 2.45) is 34.5 Å². The molecule has 0 aliphatic heterocycles. The van der Waals surface area contributed by atoms with Gasteiger partial charge in [0.1, 0.15) is 0 Å². The van der Waals surface area contributed by atoms with Crippen molar-refractivity contribution >= 4 is 11.5 Å². The third-order valence-corrected chi connectivity index (χ3v) is 8.45. The summed E-state index contributed by atoms with van der Waals surface area (Å²) in [6.45, 7) is 6.42. The van der Waals surface area contributed by atoms with E-state index in [4.69, 9.17) is 5.41 Å². The minimum absolute atomic E-state index is 0.102. The van der Waals surface area contributed by atoms with Gasteiger partial charge in [-0.15, -0.1) is 0 Å². The van der Waals surface area contributed by atoms with Crippen molar-refractivity contribution in [2.75, 3.05) is 0 Å². The molecular formula is C21H31NO3. The minimum atomic E-state index is -0.776. The first kappa shape index (κ1) is 17.4. The quantitative estimate of drug-likeness (QED) is 0.639. The molecule has 3 N–H and O–H groups in total. The van der Waals surface area contributed by atoms with Gasteiger partial charge in [0.15, 0.2) is 5.78 Å². The average molecular weight is 345 g/mol. The highest BCUT2D eigenvalue weighted by Gasteiger charge is 2.60. The summed E-state index contributed by atoms with van der Waals surface area (Å²) in [7, 11) is 0. The molecule has 3 saturated carbocycles. The maximum absolute atomic E-state index is 12.9. The van der Waals surface area contributed by atoms with Gasteiger partial charge in [-0.3, -0.25) is 4.79 Å². The number of aliphatic hydroxyl groups excluding tert-OH is 2. The third kappa shape index (κ3) is 2.26. The van der Waals surface area contributed by atoms with E-state index in [9.17, 15) is 15.0 Å². The Balaban J connectivity index is 1.74. The van der Waals surface area contributed by atoms with E-state index in [0.717, 1.165) is 31.4 Å². The second-order valence-corrected chi connectivity index (χ2v) is 9.64. The first-order chi connectivity index (χ1) is 11.7. The van der Waals surface area contributed by atoms with Crippen LogP contribution < -0.4 is 0 Å². The van der Waals surface area contributed by atoms with Crippen molar-refractivity contribution in [2.45, 2.75) is 71.5 Å². The Morgan fingerprint density at radius 1 is 1.08 bits per heavy atom. The molecule has 0 heterocycles. The van der Waals surface area contributed by atoms with Crippen molar-refractivity contribution in [3.8, 4) is 0 Å². The van der Waals surface area contributed by atoms with Crippen LogP contribution >= 0.6 is 0 Å². The summed E-state index contributed by atoms with van der Waals surface area (Å²) in [6.07, 6.45) is 5.57. The molecule has 4 aliphatic carbocycles. The molecule has 138 valence electrons. The molecule has 0 bridgehead atoms. The van der Waals surface area contributed by atoms with E-state index in [1.54, 1.807) is 0 Å². The van der Waals surface area contributed by atoms with E-state index in [-0.39, 0.29) is 22.5 Å². The van der Waals surface area contributed by atoms with E-state index in [2.05, 4.69) is 13.8 Å². The molecule has 0 radical (unpaired) electrons. The van der Waals surface area contributed by atoms with Crippen LogP contribution in [0.5, 0.6) is 0 Å². The monoisotopic (exact) mass is 345 g/mol. The highest BCUT2D eigenvalue weighted by Crippen LogP contribution is 2.65. The number of allylic oxidation sites excluding steroid dienone is 2. The Morgan fingerprint density at radius 3 is 2.44 bits per heavy atom. The molecule has 0 aromatic rings. The highest BCUT2D eigenvalue weighted by atomic mass is 16.3. The lowest BCUT2D eigenvalue weighted by Crippen LogP contribution is -2.55. The summed E-state index contributed by atoms with van der Waals surface area (Å²) in [4.78, 5) is 12.9. The Bertz CT molecular complexity index is 656. The van der Waals surface area contributed by atoms with Gasteiger partial charge in [0.05, 0.1) is 12.2 Å². The zero-order valence-corrected chi connectivity index (χ0v) is 15.6. The summed E-state index contributed by atoms with van der Waals surface area (Å²) in [5.74, 6) is 1.05. The molecule has 4 nitrogen and oxygen atoms in total. The van der Waals surface area contributed by atoms with Crippen molar-refractivity contribution < 1.29 is 15.0 Å². The number of fused-ring (bicyclic) bond motifs is 5. The van der Waals surface area contributed by atoms with Crippen LogP contribution in [0.15, 0.2) is 11.6 Å². The summed E-state index contributed by atoms with van der Waals surface area (Å²) in [5.41, 5.74) is 1.94. The Labute approximate surface area is 150 Å². The van der Waals surface area contributed by atoms with Crippen LogP contribution in [0.25, 0.3) is 0 Å². The van der Waals surface area contributed by atoms with Crippen LogP contribution in [0.3, 0.4) is 0 Å².